The van der Waals surface area contributed by atoms with Gasteiger partial charge in [-0.3, -0.25) is 9.10 Å². The Balaban J connectivity index is 1.93. The van der Waals surface area contributed by atoms with Crippen molar-refractivity contribution < 1.29 is 13.2 Å². The van der Waals surface area contributed by atoms with Gasteiger partial charge in [-0.15, -0.1) is 0 Å². The lowest BCUT2D eigenvalue weighted by molar-refractivity contribution is -0.120. The molecule has 3 rings (SSSR count). The van der Waals surface area contributed by atoms with Crippen LogP contribution >= 0.6 is 0 Å². The van der Waals surface area contributed by atoms with Gasteiger partial charge in [0.15, 0.2) is 0 Å². The molecule has 0 heterocycles. The first-order chi connectivity index (χ1) is 12.9. The van der Waals surface area contributed by atoms with Gasteiger partial charge in [-0.25, -0.2) is 8.42 Å². The quantitative estimate of drug-likeness (QED) is 0.825. The van der Waals surface area contributed by atoms with Gasteiger partial charge in [-0.2, -0.15) is 0 Å². The van der Waals surface area contributed by atoms with Crippen LogP contribution in [0.5, 0.6) is 0 Å². The van der Waals surface area contributed by atoms with Crippen LogP contribution in [0.4, 0.5) is 5.69 Å². The van der Waals surface area contributed by atoms with Crippen molar-refractivity contribution in [3.63, 3.8) is 0 Å². The lowest BCUT2D eigenvalue weighted by atomic mass is 10.2. The summed E-state index contributed by atoms with van der Waals surface area (Å²) in [6, 6.07) is 14.1. The Kier molecular flexibility index (Phi) is 5.85. The van der Waals surface area contributed by atoms with E-state index in [1.54, 1.807) is 36.4 Å². The lowest BCUT2D eigenvalue weighted by Crippen LogP contribution is -2.43. The van der Waals surface area contributed by atoms with Crippen LogP contribution in [0.1, 0.15) is 36.8 Å². The molecule has 1 amide bonds. The smallest absolute Gasteiger partial charge is 0.264 e. The third-order valence-electron chi connectivity index (χ3n) is 5.00. The van der Waals surface area contributed by atoms with E-state index < -0.39 is 10.0 Å². The number of rotatable bonds is 6. The molecule has 1 aliphatic carbocycles. The summed E-state index contributed by atoms with van der Waals surface area (Å²) in [5.74, 6) is -0.263. The molecular weight excluding hydrogens is 360 g/mol. The molecule has 0 aliphatic heterocycles. The number of aryl methyl sites for hydroxylation is 2. The molecule has 27 heavy (non-hydrogen) atoms. The van der Waals surface area contributed by atoms with Crippen molar-refractivity contribution in [2.45, 2.75) is 50.5 Å². The Bertz CT molecular complexity index is 901. The molecule has 1 aliphatic rings. The van der Waals surface area contributed by atoms with Crippen molar-refractivity contribution in [3.05, 3.63) is 59.7 Å². The number of anilines is 1. The summed E-state index contributed by atoms with van der Waals surface area (Å²) < 4.78 is 27.8. The van der Waals surface area contributed by atoms with E-state index in [2.05, 4.69) is 5.32 Å². The van der Waals surface area contributed by atoms with Crippen molar-refractivity contribution in [2.75, 3.05) is 10.8 Å². The molecular formula is C21H26N2O3S. The predicted octanol–water partition coefficient (Wildman–Crippen LogP) is 3.56. The number of carbonyl (C=O) groups is 1. The van der Waals surface area contributed by atoms with E-state index in [0.717, 1.165) is 36.8 Å². The summed E-state index contributed by atoms with van der Waals surface area (Å²) in [7, 11) is -3.85. The summed E-state index contributed by atoms with van der Waals surface area (Å²) in [4.78, 5) is 12.8. The molecule has 5 nitrogen and oxygen atoms in total. The molecule has 0 spiro atoms. The van der Waals surface area contributed by atoms with Crippen LogP contribution in [0.3, 0.4) is 0 Å². The average molecular weight is 387 g/mol. The second kappa shape index (κ2) is 8.13. The third-order valence-corrected chi connectivity index (χ3v) is 6.77. The van der Waals surface area contributed by atoms with E-state index in [1.807, 2.05) is 26.0 Å². The molecule has 1 fully saturated rings. The molecule has 144 valence electrons. The van der Waals surface area contributed by atoms with Crippen LogP contribution in [0.25, 0.3) is 0 Å². The second-order valence-electron chi connectivity index (χ2n) is 7.16. The summed E-state index contributed by atoms with van der Waals surface area (Å²) >= 11 is 0. The molecule has 1 N–H and O–H groups in total. The van der Waals surface area contributed by atoms with Crippen LogP contribution in [0.2, 0.25) is 0 Å². The number of benzene rings is 2. The highest BCUT2D eigenvalue weighted by Gasteiger charge is 2.29. The van der Waals surface area contributed by atoms with Crippen molar-refractivity contribution in [1.29, 1.82) is 0 Å². The van der Waals surface area contributed by atoms with Crippen LogP contribution < -0.4 is 9.62 Å². The number of para-hydroxylation sites is 1. The molecule has 2 aromatic rings. The zero-order valence-electron chi connectivity index (χ0n) is 15.8. The van der Waals surface area contributed by atoms with E-state index >= 15 is 0 Å². The average Bonchev–Trinajstić information content (AvgIpc) is 3.13. The van der Waals surface area contributed by atoms with E-state index in [-0.39, 0.29) is 23.4 Å². The maximum Gasteiger partial charge on any atom is 0.264 e. The standard InChI is InChI=1S/C21H26N2O3S/c1-16-11-13-19(14-12-16)27(25,26)23(20-10-6-3-7-17(20)2)15-21(24)22-18-8-4-5-9-18/h3,6-7,10-14,18H,4-5,8-9,15H2,1-2H3,(H,22,24). The van der Waals surface area contributed by atoms with Crippen LogP contribution in [0, 0.1) is 13.8 Å². The Morgan fingerprint density at radius 2 is 1.67 bits per heavy atom. The largest absolute Gasteiger partial charge is 0.352 e. The highest BCUT2D eigenvalue weighted by Crippen LogP contribution is 2.27. The number of hydrogen-bond donors (Lipinski definition) is 1. The van der Waals surface area contributed by atoms with E-state index in [4.69, 9.17) is 0 Å². The molecule has 0 unspecified atom stereocenters. The Morgan fingerprint density at radius 3 is 2.30 bits per heavy atom. The predicted molar refractivity (Wildman–Crippen MR) is 107 cm³/mol. The van der Waals surface area contributed by atoms with Crippen molar-refractivity contribution >= 4 is 21.6 Å². The van der Waals surface area contributed by atoms with Gasteiger partial charge in [-0.05, 0) is 50.5 Å². The Labute approximate surface area is 161 Å². The third kappa shape index (κ3) is 4.50. The highest BCUT2D eigenvalue weighted by molar-refractivity contribution is 7.92. The minimum atomic E-state index is -3.85. The summed E-state index contributed by atoms with van der Waals surface area (Å²) in [5.41, 5.74) is 2.32. The van der Waals surface area contributed by atoms with Crippen LogP contribution in [0.15, 0.2) is 53.4 Å². The molecule has 0 saturated heterocycles. The number of hydrogen-bond acceptors (Lipinski definition) is 3. The number of nitrogens with zero attached hydrogens (tertiary/aromatic N) is 1. The normalized spacial score (nSPS) is 14.9. The highest BCUT2D eigenvalue weighted by atomic mass is 32.2. The van der Waals surface area contributed by atoms with Crippen LogP contribution in [-0.4, -0.2) is 26.9 Å². The first-order valence-electron chi connectivity index (χ1n) is 9.32. The summed E-state index contributed by atoms with van der Waals surface area (Å²) in [6.45, 7) is 3.53. The van der Waals surface area contributed by atoms with Crippen molar-refractivity contribution in [2.24, 2.45) is 0 Å². The fourth-order valence-corrected chi connectivity index (χ4v) is 4.94. The maximum atomic E-state index is 13.3. The Morgan fingerprint density at radius 1 is 1.04 bits per heavy atom. The number of sulfonamides is 1. The van der Waals surface area contributed by atoms with Crippen molar-refractivity contribution in [3.8, 4) is 0 Å². The van der Waals surface area contributed by atoms with Crippen LogP contribution in [-0.2, 0) is 14.8 Å². The molecule has 2 aromatic carbocycles. The summed E-state index contributed by atoms with van der Waals surface area (Å²) in [5, 5.41) is 2.99. The SMILES string of the molecule is Cc1ccc(S(=O)(=O)N(CC(=O)NC2CCCC2)c2ccccc2C)cc1. The zero-order valence-corrected chi connectivity index (χ0v) is 16.6. The van der Waals surface area contributed by atoms with Crippen molar-refractivity contribution in [1.82, 2.24) is 5.32 Å². The van der Waals surface area contributed by atoms with E-state index in [9.17, 15) is 13.2 Å². The minimum absolute atomic E-state index is 0.151. The number of amides is 1. The van der Waals surface area contributed by atoms with Gasteiger partial charge in [0, 0.05) is 6.04 Å². The fraction of sp³-hybridized carbons (Fsp3) is 0.381. The first kappa shape index (κ1) is 19.4. The molecule has 0 atom stereocenters. The van der Waals surface area contributed by atoms with E-state index in [1.165, 1.54) is 4.31 Å². The van der Waals surface area contributed by atoms with Gasteiger partial charge in [0.2, 0.25) is 5.91 Å². The molecule has 1 saturated carbocycles. The van der Waals surface area contributed by atoms with Gasteiger partial charge >= 0.3 is 0 Å². The molecule has 6 heteroatoms. The topological polar surface area (TPSA) is 66.5 Å². The summed E-state index contributed by atoms with van der Waals surface area (Å²) in [6.07, 6.45) is 4.13. The second-order valence-corrected chi connectivity index (χ2v) is 9.02. The molecule has 0 aromatic heterocycles. The van der Waals surface area contributed by atoms with Gasteiger partial charge in [0.25, 0.3) is 10.0 Å². The van der Waals surface area contributed by atoms with E-state index in [0.29, 0.717) is 5.69 Å². The number of carbonyl (C=O) groups excluding carboxylic acids is 1. The van der Waals surface area contributed by atoms with Gasteiger partial charge < -0.3 is 5.32 Å². The van der Waals surface area contributed by atoms with Gasteiger partial charge in [0.1, 0.15) is 6.54 Å². The lowest BCUT2D eigenvalue weighted by Gasteiger charge is -2.26. The maximum absolute atomic E-state index is 13.3. The number of nitrogens with one attached hydrogen (secondary N) is 1. The zero-order chi connectivity index (χ0) is 19.4. The van der Waals surface area contributed by atoms with Gasteiger partial charge in [0.05, 0.1) is 10.6 Å². The van der Waals surface area contributed by atoms with Gasteiger partial charge in [-0.1, -0.05) is 48.7 Å². The minimum Gasteiger partial charge on any atom is -0.352 e. The fourth-order valence-electron chi connectivity index (χ4n) is 3.45. The molecule has 0 radical (unpaired) electrons. The molecule has 0 bridgehead atoms. The Hall–Kier alpha value is -2.34. The first-order valence-corrected chi connectivity index (χ1v) is 10.8. The monoisotopic (exact) mass is 386 g/mol.